The summed E-state index contributed by atoms with van der Waals surface area (Å²) in [4.78, 5) is 10.8. The molecule has 12 heteroatoms. The van der Waals surface area contributed by atoms with Gasteiger partial charge in [0, 0.05) is 16.4 Å². The molecule has 1 heterocycles. The van der Waals surface area contributed by atoms with E-state index in [-0.39, 0.29) is 32.7 Å². The highest BCUT2D eigenvalue weighted by molar-refractivity contribution is 7.86. The van der Waals surface area contributed by atoms with Crippen LogP contribution >= 0.6 is 0 Å². The minimum absolute atomic E-state index is 0.0263. The van der Waals surface area contributed by atoms with Crippen molar-refractivity contribution in [3.05, 3.63) is 75.2 Å². The number of nitrogens with two attached hydrogens (primary N) is 1. The normalized spacial score (nSPS) is 13.5. The largest absolute Gasteiger partial charge is 0.478 e. The summed E-state index contributed by atoms with van der Waals surface area (Å²) in [7, 11) is -9.96. The van der Waals surface area contributed by atoms with E-state index in [4.69, 9.17) is 10.5 Å². The molecular weight excluding hydrogens is 522 g/mol. The average Bonchev–Trinajstić information content (AvgIpc) is 2.74. The third kappa shape index (κ3) is 4.48. The van der Waals surface area contributed by atoms with Gasteiger partial charge in [-0.05, 0) is 46.0 Å². The minimum Gasteiger partial charge on any atom is -0.478 e. The van der Waals surface area contributed by atoms with Crippen molar-refractivity contribution in [1.82, 2.24) is 0 Å². The summed E-state index contributed by atoms with van der Waals surface area (Å²) < 4.78 is 74.7. The molecule has 1 aliphatic rings. The van der Waals surface area contributed by atoms with Crippen LogP contribution in [0.1, 0.15) is 47.8 Å². The zero-order valence-electron chi connectivity index (χ0n) is 19.9. The molecule has 0 radical (unpaired) electrons. The number of ether oxygens (including phenoxy) is 1. The minimum atomic E-state index is -5.00. The Balaban J connectivity index is 2.30. The Morgan fingerprint density at radius 2 is 1.49 bits per heavy atom. The van der Waals surface area contributed by atoms with E-state index in [0.717, 1.165) is 0 Å². The van der Waals surface area contributed by atoms with Crippen LogP contribution in [0.3, 0.4) is 0 Å². The number of fused-ring (bicyclic) bond motifs is 2. The van der Waals surface area contributed by atoms with Crippen LogP contribution in [0.5, 0.6) is 11.5 Å². The molecule has 0 unspecified atom stereocenters. The molecule has 0 saturated heterocycles. The van der Waals surface area contributed by atoms with Crippen molar-refractivity contribution in [3.63, 3.8) is 0 Å². The third-order valence-electron chi connectivity index (χ3n) is 5.98. The molecule has 4 rings (SSSR count). The van der Waals surface area contributed by atoms with Crippen LogP contribution in [0.4, 0.5) is 5.69 Å². The smallest absolute Gasteiger partial charge is 0.336 e. The molecule has 194 valence electrons. The molecule has 3 aromatic rings. The highest BCUT2D eigenvalue weighted by Gasteiger charge is 2.34. The average molecular weight is 546 g/mol. The van der Waals surface area contributed by atoms with Gasteiger partial charge in [-0.25, -0.2) is 4.79 Å². The van der Waals surface area contributed by atoms with Gasteiger partial charge in [0.1, 0.15) is 4.90 Å². The maximum atomic E-state index is 12.4. The van der Waals surface area contributed by atoms with Crippen molar-refractivity contribution in [1.29, 1.82) is 0 Å². The first-order valence-corrected chi connectivity index (χ1v) is 13.6. The Morgan fingerprint density at radius 1 is 0.892 bits per heavy atom. The van der Waals surface area contributed by atoms with Gasteiger partial charge in [-0.3, -0.25) is 9.11 Å². The van der Waals surface area contributed by atoms with Crippen LogP contribution in [0.15, 0.2) is 52.3 Å². The lowest BCUT2D eigenvalue weighted by Crippen LogP contribution is -2.27. The Labute approximate surface area is 212 Å². The summed E-state index contributed by atoms with van der Waals surface area (Å²) in [5.74, 6) is -2.32. The second kappa shape index (κ2) is 8.42. The summed E-state index contributed by atoms with van der Waals surface area (Å²) in [6, 6.07) is 9.96. The van der Waals surface area contributed by atoms with Crippen LogP contribution in [0.2, 0.25) is 0 Å². The lowest BCUT2D eigenvalue weighted by Gasteiger charge is -2.26. The van der Waals surface area contributed by atoms with Crippen LogP contribution in [0.25, 0.3) is 12.2 Å². The van der Waals surface area contributed by atoms with E-state index in [1.807, 2.05) is 20.8 Å². The van der Waals surface area contributed by atoms with Gasteiger partial charge in [0.25, 0.3) is 20.2 Å². The monoisotopic (exact) mass is 545 g/mol. The lowest BCUT2D eigenvalue weighted by atomic mass is 9.82. The number of carboxylic acids is 1. The second-order valence-corrected chi connectivity index (χ2v) is 12.3. The number of anilines is 1. The zero-order chi connectivity index (χ0) is 27.7. The van der Waals surface area contributed by atoms with Gasteiger partial charge in [-0.15, -0.1) is 0 Å². The summed E-state index contributed by atoms with van der Waals surface area (Å²) in [6.07, 6.45) is 0. The third-order valence-corrected chi connectivity index (χ3v) is 7.88. The first-order chi connectivity index (χ1) is 16.9. The highest BCUT2D eigenvalue weighted by atomic mass is 32.2. The molecule has 0 bridgehead atoms. The molecular formula is C25H23NO9S2. The molecule has 0 saturated carbocycles. The van der Waals surface area contributed by atoms with Gasteiger partial charge in [0.15, 0.2) is 16.4 Å². The summed E-state index contributed by atoms with van der Waals surface area (Å²) >= 11 is 0. The Kier molecular flexibility index (Phi) is 5.99. The predicted octanol–water partition coefficient (Wildman–Crippen LogP) is 2.52. The first kappa shape index (κ1) is 26.4. The number of rotatable bonds is 4. The standard InChI is InChI=1S/C25H23NO9S2/c1-12-5-7-15-19(14-8-6-13(25(2,3)4)11-17(14)24(27)28)16-9-10-18(26)23(37(32,33)34)21(16)35-20(15)22(12)36(29,30)31/h5-11H,1,26H2,2-4H3,(H,27,28)(H,29,30,31)(H,32,33,34). The predicted molar refractivity (Wildman–Crippen MR) is 135 cm³/mol. The topological polar surface area (TPSA) is 181 Å². The van der Waals surface area contributed by atoms with E-state index >= 15 is 0 Å². The summed E-state index contributed by atoms with van der Waals surface area (Å²) in [5.41, 5.74) is 5.79. The van der Waals surface area contributed by atoms with E-state index in [9.17, 15) is 35.8 Å². The van der Waals surface area contributed by atoms with Crippen LogP contribution < -0.4 is 20.9 Å². The van der Waals surface area contributed by atoms with E-state index in [2.05, 4.69) is 6.58 Å². The number of hydrogen-bond donors (Lipinski definition) is 4. The van der Waals surface area contributed by atoms with Crippen molar-refractivity contribution >= 4 is 44.0 Å². The van der Waals surface area contributed by atoms with Crippen molar-refractivity contribution in [3.8, 4) is 11.5 Å². The van der Waals surface area contributed by atoms with Crippen molar-refractivity contribution in [2.24, 2.45) is 0 Å². The highest BCUT2D eigenvalue weighted by Crippen LogP contribution is 2.44. The number of aromatic carboxylic acids is 1. The Morgan fingerprint density at radius 3 is 2.03 bits per heavy atom. The van der Waals surface area contributed by atoms with E-state index in [1.165, 1.54) is 36.4 Å². The Bertz CT molecular complexity index is 1840. The summed E-state index contributed by atoms with van der Waals surface area (Å²) in [6.45, 7) is 9.30. The molecule has 0 fully saturated rings. The molecule has 37 heavy (non-hydrogen) atoms. The van der Waals surface area contributed by atoms with Gasteiger partial charge >= 0.3 is 5.97 Å². The molecule has 0 aromatic heterocycles. The van der Waals surface area contributed by atoms with Gasteiger partial charge in [-0.1, -0.05) is 45.5 Å². The van der Waals surface area contributed by atoms with Gasteiger partial charge in [0.2, 0.25) is 0 Å². The van der Waals surface area contributed by atoms with Gasteiger partial charge in [-0.2, -0.15) is 16.8 Å². The number of carboxylic acid groups (broad SMARTS) is 1. The van der Waals surface area contributed by atoms with Crippen molar-refractivity contribution < 1.29 is 40.6 Å². The molecule has 10 nitrogen and oxygen atoms in total. The van der Waals surface area contributed by atoms with E-state index in [1.54, 1.807) is 6.07 Å². The van der Waals surface area contributed by atoms with Gasteiger partial charge in [0.05, 0.1) is 11.3 Å². The number of benzene rings is 3. The molecule has 0 spiro atoms. The fourth-order valence-electron chi connectivity index (χ4n) is 4.27. The van der Waals surface area contributed by atoms with Gasteiger partial charge < -0.3 is 15.6 Å². The maximum Gasteiger partial charge on any atom is 0.336 e. The molecule has 3 aromatic carbocycles. The van der Waals surface area contributed by atoms with Crippen LogP contribution in [-0.4, -0.2) is 37.0 Å². The molecule has 0 atom stereocenters. The SMILES string of the molecule is C=c1ccc2c(c1S(=O)(=O)O)Oc1c(ccc(N)c1S(=O)(=O)O)C=2c1ccc(C(C)(C)C)cc1C(=O)O. The second-order valence-electron chi connectivity index (χ2n) is 9.53. The van der Waals surface area contributed by atoms with Crippen molar-refractivity contribution in [2.75, 3.05) is 5.73 Å². The molecule has 0 aliphatic carbocycles. The molecule has 0 amide bonds. The van der Waals surface area contributed by atoms with Crippen molar-refractivity contribution in [2.45, 2.75) is 36.0 Å². The zero-order valence-corrected chi connectivity index (χ0v) is 21.6. The first-order valence-electron chi connectivity index (χ1n) is 10.7. The lowest BCUT2D eigenvalue weighted by molar-refractivity contribution is 0.0696. The van der Waals surface area contributed by atoms with Crippen LogP contribution in [-0.2, 0) is 25.7 Å². The number of nitrogen functional groups attached to an aromatic ring is 1. The van der Waals surface area contributed by atoms with E-state index < -0.39 is 58.6 Å². The Hall–Kier alpha value is -3.71. The fraction of sp³-hybridized carbons (Fsp3) is 0.160. The molecule has 5 N–H and O–H groups in total. The fourth-order valence-corrected chi connectivity index (χ4v) is 5.81. The summed E-state index contributed by atoms with van der Waals surface area (Å²) in [5, 5.41) is 9.97. The quantitative estimate of drug-likeness (QED) is 0.220. The van der Waals surface area contributed by atoms with Crippen LogP contribution in [0, 0.1) is 0 Å². The van der Waals surface area contributed by atoms with E-state index in [0.29, 0.717) is 5.56 Å². The molecule has 1 aliphatic heterocycles. The maximum absolute atomic E-state index is 12.4. The number of hydrogen-bond acceptors (Lipinski definition) is 7. The number of carbonyl (C=O) groups is 1.